The quantitative estimate of drug-likeness (QED) is 0.659. The minimum absolute atomic E-state index is 0.114. The van der Waals surface area contributed by atoms with E-state index in [1.807, 2.05) is 0 Å². The Morgan fingerprint density at radius 2 is 1.67 bits per heavy atom. The predicted molar refractivity (Wildman–Crippen MR) is 40.5 cm³/mol. The zero-order chi connectivity index (χ0) is 9.78. The molecular weight excluding hydrogens is 167 g/mol. The van der Waals surface area contributed by atoms with Crippen LogP contribution in [0.25, 0.3) is 0 Å². The van der Waals surface area contributed by atoms with Crippen LogP contribution in [0.15, 0.2) is 0 Å². The minimum atomic E-state index is -4.12. The van der Waals surface area contributed by atoms with E-state index in [4.69, 9.17) is 5.73 Å². The van der Waals surface area contributed by atoms with Crippen molar-refractivity contribution in [3.8, 4) is 0 Å². The van der Waals surface area contributed by atoms with Crippen LogP contribution in [0.1, 0.15) is 20.8 Å². The lowest BCUT2D eigenvalue weighted by Crippen LogP contribution is -2.27. The summed E-state index contributed by atoms with van der Waals surface area (Å²) in [7, 11) is 0. The highest BCUT2D eigenvalue weighted by Gasteiger charge is 2.79. The number of hydrogen-bond acceptors (Lipinski definition) is 1. The van der Waals surface area contributed by atoms with Crippen molar-refractivity contribution in [3.63, 3.8) is 0 Å². The first-order chi connectivity index (χ1) is 5.19. The minimum Gasteiger partial charge on any atom is -0.330 e. The molecule has 0 radical (unpaired) electrons. The molecule has 0 aromatic rings. The summed E-state index contributed by atoms with van der Waals surface area (Å²) in [4.78, 5) is 0. The predicted octanol–water partition coefficient (Wildman–Crippen LogP) is 2.17. The van der Waals surface area contributed by atoms with Gasteiger partial charge in [0.25, 0.3) is 0 Å². The third-order valence-corrected chi connectivity index (χ3v) is 3.65. The molecule has 0 amide bonds. The fraction of sp³-hybridized carbons (Fsp3) is 1.00. The summed E-state index contributed by atoms with van der Waals surface area (Å²) >= 11 is 0. The molecule has 1 saturated carbocycles. The molecule has 0 aromatic heterocycles. The van der Waals surface area contributed by atoms with Gasteiger partial charge in [-0.2, -0.15) is 13.2 Å². The molecule has 0 aliphatic heterocycles. The summed E-state index contributed by atoms with van der Waals surface area (Å²) in [6.07, 6.45) is -4.12. The maximum Gasteiger partial charge on any atom is 0.395 e. The van der Waals surface area contributed by atoms with E-state index in [2.05, 4.69) is 0 Å². The van der Waals surface area contributed by atoms with Crippen molar-refractivity contribution in [3.05, 3.63) is 0 Å². The number of nitrogens with two attached hydrogens (primary N) is 1. The third kappa shape index (κ3) is 0.843. The van der Waals surface area contributed by atoms with Gasteiger partial charge in [-0.3, -0.25) is 0 Å². The molecule has 1 nitrogen and oxygen atoms in total. The van der Waals surface area contributed by atoms with E-state index in [0.717, 1.165) is 0 Å². The van der Waals surface area contributed by atoms with Gasteiger partial charge in [0.2, 0.25) is 0 Å². The number of alkyl halides is 3. The standard InChI is InChI=1S/C8H14F3N/c1-6(2)5(4-12)7(6,3)8(9,10)11/h5H,4,12H2,1-3H3. The van der Waals surface area contributed by atoms with Crippen molar-refractivity contribution in [2.75, 3.05) is 6.54 Å². The molecule has 2 unspecified atom stereocenters. The first-order valence-electron chi connectivity index (χ1n) is 3.96. The molecular formula is C8H14F3N. The normalized spacial score (nSPS) is 39.8. The van der Waals surface area contributed by atoms with E-state index < -0.39 is 22.9 Å². The first kappa shape index (κ1) is 9.84. The van der Waals surface area contributed by atoms with Gasteiger partial charge in [-0.25, -0.2) is 0 Å². The second-order valence-electron chi connectivity index (χ2n) is 4.21. The molecule has 1 fully saturated rings. The zero-order valence-electron chi connectivity index (χ0n) is 7.50. The van der Waals surface area contributed by atoms with Gasteiger partial charge in [-0.15, -0.1) is 0 Å². The van der Waals surface area contributed by atoms with Crippen LogP contribution in [-0.4, -0.2) is 12.7 Å². The second-order valence-corrected chi connectivity index (χ2v) is 4.21. The summed E-state index contributed by atoms with van der Waals surface area (Å²) < 4.78 is 37.5. The summed E-state index contributed by atoms with van der Waals surface area (Å²) in [5, 5.41) is 0. The highest BCUT2D eigenvalue weighted by molar-refractivity contribution is 5.18. The highest BCUT2D eigenvalue weighted by atomic mass is 19.4. The van der Waals surface area contributed by atoms with E-state index >= 15 is 0 Å². The van der Waals surface area contributed by atoms with Crippen LogP contribution in [0.2, 0.25) is 0 Å². The molecule has 72 valence electrons. The summed E-state index contributed by atoms with van der Waals surface area (Å²) in [5.74, 6) is -0.426. The van der Waals surface area contributed by atoms with Gasteiger partial charge in [-0.05, 0) is 17.9 Å². The van der Waals surface area contributed by atoms with Crippen molar-refractivity contribution < 1.29 is 13.2 Å². The fourth-order valence-electron chi connectivity index (χ4n) is 2.19. The van der Waals surface area contributed by atoms with E-state index in [0.29, 0.717) is 0 Å². The third-order valence-electron chi connectivity index (χ3n) is 3.65. The molecule has 0 spiro atoms. The molecule has 1 rings (SSSR count). The van der Waals surface area contributed by atoms with Crippen molar-refractivity contribution in [2.24, 2.45) is 22.5 Å². The van der Waals surface area contributed by atoms with Crippen LogP contribution in [-0.2, 0) is 0 Å². The number of rotatable bonds is 1. The molecule has 2 N–H and O–H groups in total. The summed E-state index contributed by atoms with van der Waals surface area (Å²) in [5.41, 5.74) is 3.01. The largest absolute Gasteiger partial charge is 0.395 e. The van der Waals surface area contributed by atoms with Gasteiger partial charge >= 0.3 is 6.18 Å². The average Bonchev–Trinajstić information content (AvgIpc) is 2.28. The number of hydrogen-bond donors (Lipinski definition) is 1. The van der Waals surface area contributed by atoms with Crippen LogP contribution in [0.5, 0.6) is 0 Å². The smallest absolute Gasteiger partial charge is 0.330 e. The van der Waals surface area contributed by atoms with E-state index in [1.54, 1.807) is 13.8 Å². The lowest BCUT2D eigenvalue weighted by atomic mass is 9.98. The van der Waals surface area contributed by atoms with Gasteiger partial charge < -0.3 is 5.73 Å². The molecule has 0 bridgehead atoms. The maximum atomic E-state index is 12.5. The number of halogens is 3. The molecule has 1 aliphatic rings. The lowest BCUT2D eigenvalue weighted by Gasteiger charge is -2.18. The van der Waals surface area contributed by atoms with E-state index in [1.165, 1.54) is 6.92 Å². The van der Waals surface area contributed by atoms with Gasteiger partial charge in [0.05, 0.1) is 5.41 Å². The summed E-state index contributed by atoms with van der Waals surface area (Å²) in [6, 6.07) is 0. The lowest BCUT2D eigenvalue weighted by molar-refractivity contribution is -0.194. The Hall–Kier alpha value is -0.250. The molecule has 12 heavy (non-hydrogen) atoms. The Morgan fingerprint density at radius 3 is 1.75 bits per heavy atom. The average molecular weight is 181 g/mol. The first-order valence-corrected chi connectivity index (χ1v) is 3.96. The van der Waals surface area contributed by atoms with Crippen LogP contribution in [0, 0.1) is 16.7 Å². The monoisotopic (exact) mass is 181 g/mol. The Balaban J connectivity index is 2.91. The van der Waals surface area contributed by atoms with E-state index in [9.17, 15) is 13.2 Å². The Morgan fingerprint density at radius 1 is 1.25 bits per heavy atom. The van der Waals surface area contributed by atoms with Crippen LogP contribution >= 0.6 is 0 Å². The highest BCUT2D eigenvalue weighted by Crippen LogP contribution is 2.74. The summed E-state index contributed by atoms with van der Waals surface area (Å²) in [6.45, 7) is 4.61. The van der Waals surface area contributed by atoms with Crippen molar-refractivity contribution in [2.45, 2.75) is 26.9 Å². The fourth-order valence-corrected chi connectivity index (χ4v) is 2.19. The zero-order valence-corrected chi connectivity index (χ0v) is 7.50. The maximum absolute atomic E-state index is 12.5. The molecule has 4 heteroatoms. The van der Waals surface area contributed by atoms with E-state index in [-0.39, 0.29) is 6.54 Å². The van der Waals surface area contributed by atoms with Gasteiger partial charge in [0.15, 0.2) is 0 Å². The SMILES string of the molecule is CC1(C)C(CN)C1(C)C(F)(F)F. The topological polar surface area (TPSA) is 26.0 Å². The molecule has 1 aliphatic carbocycles. The Kier molecular flexibility index (Phi) is 1.77. The van der Waals surface area contributed by atoms with Gasteiger partial charge in [0, 0.05) is 0 Å². The Labute approximate surface area is 70.1 Å². The second kappa shape index (κ2) is 2.16. The molecule has 2 atom stereocenters. The van der Waals surface area contributed by atoms with Crippen molar-refractivity contribution in [1.29, 1.82) is 0 Å². The van der Waals surface area contributed by atoms with Crippen molar-refractivity contribution >= 4 is 0 Å². The van der Waals surface area contributed by atoms with Gasteiger partial charge in [0.1, 0.15) is 0 Å². The van der Waals surface area contributed by atoms with Crippen molar-refractivity contribution in [1.82, 2.24) is 0 Å². The van der Waals surface area contributed by atoms with Crippen LogP contribution in [0.4, 0.5) is 13.2 Å². The molecule has 0 heterocycles. The van der Waals surface area contributed by atoms with Crippen LogP contribution in [0.3, 0.4) is 0 Å². The Bertz CT molecular complexity index is 197. The van der Waals surface area contributed by atoms with Crippen LogP contribution < -0.4 is 5.73 Å². The van der Waals surface area contributed by atoms with Gasteiger partial charge in [-0.1, -0.05) is 20.8 Å². The molecule has 0 saturated heterocycles. The molecule has 0 aromatic carbocycles.